The first-order valence-electron chi connectivity index (χ1n) is 7.84. The second-order valence-electron chi connectivity index (χ2n) is 6.85. The molecule has 0 aromatic heterocycles. The SMILES string of the molecule is C=C[C@]1(C)C[C@H](OC(=O)C(=C)C)[C@H]2C(=C)C(=O)O[C@@H]2[C@H]1C(=C)CO. The van der Waals surface area contributed by atoms with Gasteiger partial charge in [0, 0.05) is 17.1 Å². The predicted molar refractivity (Wildman–Crippen MR) is 89.8 cm³/mol. The third kappa shape index (κ3) is 2.84. The average Bonchev–Trinajstić information content (AvgIpc) is 2.81. The Labute approximate surface area is 142 Å². The van der Waals surface area contributed by atoms with Crippen molar-refractivity contribution in [1.29, 1.82) is 0 Å². The fourth-order valence-electron chi connectivity index (χ4n) is 3.74. The molecule has 5 nitrogen and oxygen atoms in total. The van der Waals surface area contributed by atoms with Gasteiger partial charge in [-0.15, -0.1) is 6.58 Å². The van der Waals surface area contributed by atoms with Crippen molar-refractivity contribution in [2.24, 2.45) is 17.3 Å². The van der Waals surface area contributed by atoms with E-state index in [0.29, 0.717) is 12.0 Å². The largest absolute Gasteiger partial charge is 0.458 e. The second-order valence-corrected chi connectivity index (χ2v) is 6.85. The first-order valence-corrected chi connectivity index (χ1v) is 7.84. The minimum atomic E-state index is -0.593. The van der Waals surface area contributed by atoms with Gasteiger partial charge < -0.3 is 14.6 Å². The number of aliphatic hydroxyl groups is 1. The Morgan fingerprint density at radius 1 is 1.50 bits per heavy atom. The van der Waals surface area contributed by atoms with Crippen LogP contribution in [0, 0.1) is 17.3 Å². The molecule has 0 aromatic rings. The molecule has 0 aromatic carbocycles. The molecule has 2 aliphatic rings. The van der Waals surface area contributed by atoms with Crippen LogP contribution in [-0.4, -0.2) is 35.9 Å². The average molecular weight is 332 g/mol. The van der Waals surface area contributed by atoms with Crippen LogP contribution in [0.1, 0.15) is 20.3 Å². The number of ether oxygens (including phenoxy) is 2. The Morgan fingerprint density at radius 3 is 2.62 bits per heavy atom. The van der Waals surface area contributed by atoms with Gasteiger partial charge in [-0.05, 0) is 24.3 Å². The molecule has 1 saturated carbocycles. The number of fused-ring (bicyclic) bond motifs is 1. The van der Waals surface area contributed by atoms with E-state index in [1.807, 2.05) is 6.92 Å². The van der Waals surface area contributed by atoms with Crippen molar-refractivity contribution >= 4 is 11.9 Å². The summed E-state index contributed by atoms with van der Waals surface area (Å²) in [5, 5.41) is 9.56. The van der Waals surface area contributed by atoms with E-state index in [-0.39, 0.29) is 23.7 Å². The number of esters is 2. The van der Waals surface area contributed by atoms with E-state index in [0.717, 1.165) is 0 Å². The molecule has 0 unspecified atom stereocenters. The van der Waals surface area contributed by atoms with Crippen LogP contribution < -0.4 is 0 Å². The van der Waals surface area contributed by atoms with Gasteiger partial charge in [-0.2, -0.15) is 0 Å². The van der Waals surface area contributed by atoms with Crippen LogP contribution in [0.2, 0.25) is 0 Å². The van der Waals surface area contributed by atoms with Gasteiger partial charge in [-0.25, -0.2) is 9.59 Å². The van der Waals surface area contributed by atoms with Gasteiger partial charge in [0.15, 0.2) is 0 Å². The summed E-state index contributed by atoms with van der Waals surface area (Å²) in [6.07, 6.45) is 0.995. The first-order chi connectivity index (χ1) is 11.2. The molecule has 2 rings (SSSR count). The number of rotatable bonds is 5. The van der Waals surface area contributed by atoms with Crippen LogP contribution in [0.25, 0.3) is 0 Å². The first kappa shape index (κ1) is 18.2. The summed E-state index contributed by atoms with van der Waals surface area (Å²) >= 11 is 0. The van der Waals surface area contributed by atoms with E-state index in [2.05, 4.69) is 26.3 Å². The quantitative estimate of drug-likeness (QED) is 0.475. The summed E-state index contributed by atoms with van der Waals surface area (Å²) in [4.78, 5) is 24.1. The van der Waals surface area contributed by atoms with E-state index in [1.54, 1.807) is 13.0 Å². The number of allylic oxidation sites excluding steroid dienone is 1. The second kappa shape index (κ2) is 6.40. The van der Waals surface area contributed by atoms with Crippen LogP contribution in [0.4, 0.5) is 0 Å². The maximum absolute atomic E-state index is 12.1. The van der Waals surface area contributed by atoms with Crippen molar-refractivity contribution < 1.29 is 24.2 Å². The zero-order valence-corrected chi connectivity index (χ0v) is 14.2. The summed E-state index contributed by atoms with van der Waals surface area (Å²) in [6.45, 7) is 18.5. The topological polar surface area (TPSA) is 72.8 Å². The summed E-state index contributed by atoms with van der Waals surface area (Å²) in [5.41, 5.74) is 0.567. The van der Waals surface area contributed by atoms with Gasteiger partial charge in [-0.1, -0.05) is 32.7 Å². The molecule has 1 N–H and O–H groups in total. The molecule has 1 aliphatic heterocycles. The Balaban J connectivity index is 2.46. The fourth-order valence-corrected chi connectivity index (χ4v) is 3.74. The normalized spacial score (nSPS) is 35.0. The van der Waals surface area contributed by atoms with Crippen molar-refractivity contribution in [2.75, 3.05) is 6.61 Å². The summed E-state index contributed by atoms with van der Waals surface area (Å²) in [7, 11) is 0. The highest BCUT2D eigenvalue weighted by Gasteiger charge is 2.58. The number of aliphatic hydroxyl groups excluding tert-OH is 1. The van der Waals surface area contributed by atoms with Gasteiger partial charge in [-0.3, -0.25) is 0 Å². The lowest BCUT2D eigenvalue weighted by atomic mass is 9.59. The number of carbonyl (C=O) groups excluding carboxylic acids is 2. The van der Waals surface area contributed by atoms with Crippen molar-refractivity contribution in [1.82, 2.24) is 0 Å². The van der Waals surface area contributed by atoms with Crippen LogP contribution in [-0.2, 0) is 19.1 Å². The number of carbonyl (C=O) groups is 2. The van der Waals surface area contributed by atoms with Crippen molar-refractivity contribution in [3.63, 3.8) is 0 Å². The summed E-state index contributed by atoms with van der Waals surface area (Å²) < 4.78 is 11.1. The molecule has 1 heterocycles. The van der Waals surface area contributed by atoms with Crippen LogP contribution in [0.3, 0.4) is 0 Å². The lowest BCUT2D eigenvalue weighted by Crippen LogP contribution is -2.51. The van der Waals surface area contributed by atoms with Crippen molar-refractivity contribution in [3.05, 3.63) is 49.1 Å². The van der Waals surface area contributed by atoms with Gasteiger partial charge in [0.05, 0.1) is 12.5 Å². The molecule has 0 radical (unpaired) electrons. The van der Waals surface area contributed by atoms with Gasteiger partial charge in [0.25, 0.3) is 0 Å². The van der Waals surface area contributed by atoms with Gasteiger partial charge >= 0.3 is 11.9 Å². The fraction of sp³-hybridized carbons (Fsp3) is 0.474. The maximum Gasteiger partial charge on any atom is 0.334 e. The number of hydrogen-bond donors (Lipinski definition) is 1. The highest BCUT2D eigenvalue weighted by Crippen LogP contribution is 2.53. The Hall–Kier alpha value is -2.14. The molecule has 2 fully saturated rings. The van der Waals surface area contributed by atoms with E-state index in [9.17, 15) is 14.7 Å². The summed E-state index contributed by atoms with van der Waals surface area (Å²) in [5.74, 6) is -1.82. The standard InChI is InChI=1S/C19H24O5/c1-7-19(6)8-13(23-17(21)10(2)3)14-12(5)18(22)24-16(14)15(19)11(4)9-20/h7,13-16,20H,1-2,4-5,8-9H2,3,6H3/t13-,14+,15+,16-,19+/m0/s1. The van der Waals surface area contributed by atoms with Crippen molar-refractivity contribution in [3.8, 4) is 0 Å². The van der Waals surface area contributed by atoms with E-state index in [1.165, 1.54) is 0 Å². The number of hydrogen-bond acceptors (Lipinski definition) is 5. The minimum absolute atomic E-state index is 0.225. The molecule has 0 bridgehead atoms. The van der Waals surface area contributed by atoms with Gasteiger partial charge in [0.2, 0.25) is 0 Å². The lowest BCUT2D eigenvalue weighted by molar-refractivity contribution is -0.159. The maximum atomic E-state index is 12.1. The van der Waals surface area contributed by atoms with Crippen LogP contribution in [0.5, 0.6) is 0 Å². The molecular weight excluding hydrogens is 308 g/mol. The molecule has 24 heavy (non-hydrogen) atoms. The molecule has 5 heteroatoms. The third-order valence-corrected chi connectivity index (χ3v) is 5.06. The molecule has 130 valence electrons. The predicted octanol–water partition coefficient (Wildman–Crippen LogP) is 2.33. The van der Waals surface area contributed by atoms with Crippen molar-refractivity contribution in [2.45, 2.75) is 32.5 Å². The lowest BCUT2D eigenvalue weighted by Gasteiger charge is -2.48. The summed E-state index contributed by atoms with van der Waals surface area (Å²) in [6, 6.07) is 0. The Bertz CT molecular complexity index is 632. The van der Waals surface area contributed by atoms with E-state index in [4.69, 9.17) is 9.47 Å². The molecular formula is C19H24O5. The molecule has 5 atom stereocenters. The van der Waals surface area contributed by atoms with Crippen LogP contribution in [0.15, 0.2) is 49.1 Å². The molecule has 1 aliphatic carbocycles. The monoisotopic (exact) mass is 332 g/mol. The smallest absolute Gasteiger partial charge is 0.334 e. The zero-order valence-electron chi connectivity index (χ0n) is 14.2. The third-order valence-electron chi connectivity index (χ3n) is 5.06. The highest BCUT2D eigenvalue weighted by atomic mass is 16.6. The molecule has 0 spiro atoms. The Kier molecular flexibility index (Phi) is 4.85. The van der Waals surface area contributed by atoms with E-state index < -0.39 is 35.5 Å². The molecule has 1 saturated heterocycles. The minimum Gasteiger partial charge on any atom is -0.458 e. The van der Waals surface area contributed by atoms with Gasteiger partial charge in [0.1, 0.15) is 12.2 Å². The zero-order chi connectivity index (χ0) is 18.2. The Morgan fingerprint density at radius 2 is 2.12 bits per heavy atom. The highest BCUT2D eigenvalue weighted by molar-refractivity contribution is 5.91. The molecule has 0 amide bonds. The van der Waals surface area contributed by atoms with Crippen LogP contribution >= 0.6 is 0 Å². The van der Waals surface area contributed by atoms with E-state index >= 15 is 0 Å².